The highest BCUT2D eigenvalue weighted by Gasteiger charge is 2.24. The number of hydrogen-bond acceptors (Lipinski definition) is 3. The van der Waals surface area contributed by atoms with E-state index in [1.165, 1.54) is 37.9 Å². The van der Waals surface area contributed by atoms with E-state index < -0.39 is 0 Å². The molecular weight excluding hydrogens is 188 g/mol. The predicted octanol–water partition coefficient (Wildman–Crippen LogP) is 1.71. The van der Waals surface area contributed by atoms with Crippen molar-refractivity contribution in [2.24, 2.45) is 10.9 Å². The van der Waals surface area contributed by atoms with E-state index in [0.717, 1.165) is 25.9 Å². The number of nitrogens with zero attached hydrogens (tertiary/aromatic N) is 1. The van der Waals surface area contributed by atoms with Gasteiger partial charge in [0.05, 0.1) is 11.9 Å². The zero-order chi connectivity index (χ0) is 10.5. The van der Waals surface area contributed by atoms with E-state index >= 15 is 0 Å². The van der Waals surface area contributed by atoms with Crippen LogP contribution in [-0.2, 0) is 0 Å². The fraction of sp³-hybridized carbons (Fsp3) is 0.917. The van der Waals surface area contributed by atoms with Crippen LogP contribution in [0.25, 0.3) is 0 Å². The van der Waals surface area contributed by atoms with Gasteiger partial charge in [0, 0.05) is 25.4 Å². The standard InChI is InChI=1S/C12H22N2O/c15-11-6-4-5-10(11)9-14-12-7-2-1-3-8-13-12/h10-11,15H,1-9H2,(H,13,14). The van der Waals surface area contributed by atoms with E-state index in [-0.39, 0.29) is 6.10 Å². The van der Waals surface area contributed by atoms with Gasteiger partial charge in [0.1, 0.15) is 0 Å². The van der Waals surface area contributed by atoms with Crippen LogP contribution in [0.4, 0.5) is 0 Å². The molecule has 3 nitrogen and oxygen atoms in total. The topological polar surface area (TPSA) is 44.6 Å². The van der Waals surface area contributed by atoms with Crippen molar-refractivity contribution in [3.63, 3.8) is 0 Å². The molecule has 0 aromatic heterocycles. The molecule has 0 spiro atoms. The van der Waals surface area contributed by atoms with Gasteiger partial charge in [0.2, 0.25) is 0 Å². The Kier molecular flexibility index (Phi) is 4.01. The molecule has 2 unspecified atom stereocenters. The molecule has 0 aromatic carbocycles. The first-order valence-corrected chi connectivity index (χ1v) is 6.31. The molecule has 1 heterocycles. The van der Waals surface area contributed by atoms with Crippen LogP contribution >= 0.6 is 0 Å². The van der Waals surface area contributed by atoms with Crippen LogP contribution in [0.2, 0.25) is 0 Å². The molecule has 0 aromatic rings. The van der Waals surface area contributed by atoms with Gasteiger partial charge >= 0.3 is 0 Å². The molecule has 2 aliphatic rings. The summed E-state index contributed by atoms with van der Waals surface area (Å²) in [6, 6.07) is 0. The molecule has 86 valence electrons. The number of amidine groups is 1. The zero-order valence-electron chi connectivity index (χ0n) is 9.41. The highest BCUT2D eigenvalue weighted by atomic mass is 16.3. The summed E-state index contributed by atoms with van der Waals surface area (Å²) in [6.45, 7) is 1.90. The smallest absolute Gasteiger partial charge is 0.0963 e. The van der Waals surface area contributed by atoms with Crippen LogP contribution in [0.5, 0.6) is 0 Å². The fourth-order valence-electron chi connectivity index (χ4n) is 2.52. The normalized spacial score (nSPS) is 32.2. The van der Waals surface area contributed by atoms with Crippen molar-refractivity contribution in [2.75, 3.05) is 13.1 Å². The van der Waals surface area contributed by atoms with Crippen molar-refractivity contribution in [2.45, 2.75) is 51.0 Å². The third-order valence-electron chi connectivity index (χ3n) is 3.56. The van der Waals surface area contributed by atoms with Crippen molar-refractivity contribution < 1.29 is 5.11 Å². The molecule has 2 N–H and O–H groups in total. The van der Waals surface area contributed by atoms with E-state index in [0.29, 0.717) is 5.92 Å². The van der Waals surface area contributed by atoms with Gasteiger partial charge < -0.3 is 10.4 Å². The summed E-state index contributed by atoms with van der Waals surface area (Å²) >= 11 is 0. The molecule has 15 heavy (non-hydrogen) atoms. The van der Waals surface area contributed by atoms with Crippen LogP contribution in [0.3, 0.4) is 0 Å². The van der Waals surface area contributed by atoms with Crippen molar-refractivity contribution in [1.29, 1.82) is 0 Å². The summed E-state index contributed by atoms with van der Waals surface area (Å²) < 4.78 is 0. The lowest BCUT2D eigenvalue weighted by Crippen LogP contribution is -2.32. The minimum absolute atomic E-state index is 0.0797. The molecule has 2 rings (SSSR count). The third kappa shape index (κ3) is 3.20. The summed E-state index contributed by atoms with van der Waals surface area (Å²) in [6.07, 6.45) is 8.16. The molecule has 0 saturated heterocycles. The van der Waals surface area contributed by atoms with Gasteiger partial charge in [-0.3, -0.25) is 4.99 Å². The van der Waals surface area contributed by atoms with Crippen molar-refractivity contribution >= 4 is 5.84 Å². The van der Waals surface area contributed by atoms with Gasteiger partial charge in [-0.05, 0) is 25.7 Å². The Morgan fingerprint density at radius 1 is 1.20 bits per heavy atom. The molecule has 1 saturated carbocycles. The van der Waals surface area contributed by atoms with Crippen LogP contribution in [0.15, 0.2) is 4.99 Å². The van der Waals surface area contributed by atoms with Crippen molar-refractivity contribution in [3.8, 4) is 0 Å². The van der Waals surface area contributed by atoms with Gasteiger partial charge in [0.25, 0.3) is 0 Å². The Labute approximate surface area is 92.0 Å². The SMILES string of the molecule is OC1CCCC1CNC1=NCCCCC1. The molecule has 1 fully saturated rings. The minimum atomic E-state index is -0.0797. The number of nitrogens with one attached hydrogen (secondary N) is 1. The second kappa shape index (κ2) is 5.50. The number of hydrogen-bond donors (Lipinski definition) is 2. The van der Waals surface area contributed by atoms with Crippen LogP contribution in [0, 0.1) is 5.92 Å². The maximum absolute atomic E-state index is 9.69. The first kappa shape index (κ1) is 10.9. The van der Waals surface area contributed by atoms with Crippen LogP contribution in [-0.4, -0.2) is 30.1 Å². The Balaban J connectivity index is 1.74. The molecule has 1 aliphatic carbocycles. The molecule has 1 aliphatic heterocycles. The fourth-order valence-corrected chi connectivity index (χ4v) is 2.52. The maximum atomic E-state index is 9.69. The molecule has 0 bridgehead atoms. The Bertz CT molecular complexity index is 228. The largest absolute Gasteiger partial charge is 0.393 e. The van der Waals surface area contributed by atoms with Crippen LogP contribution < -0.4 is 5.32 Å². The van der Waals surface area contributed by atoms with Crippen molar-refractivity contribution in [1.82, 2.24) is 5.32 Å². The lowest BCUT2D eigenvalue weighted by Gasteiger charge is -2.16. The van der Waals surface area contributed by atoms with Gasteiger partial charge in [-0.2, -0.15) is 0 Å². The van der Waals surface area contributed by atoms with E-state index in [9.17, 15) is 5.11 Å². The van der Waals surface area contributed by atoms with Crippen molar-refractivity contribution in [3.05, 3.63) is 0 Å². The molecule has 0 amide bonds. The number of rotatable bonds is 2. The van der Waals surface area contributed by atoms with E-state index in [4.69, 9.17) is 0 Å². The van der Waals surface area contributed by atoms with Gasteiger partial charge in [-0.1, -0.05) is 12.8 Å². The summed E-state index contributed by atoms with van der Waals surface area (Å²) in [5.74, 6) is 1.63. The second-order valence-electron chi connectivity index (χ2n) is 4.78. The number of aliphatic hydroxyl groups excluding tert-OH is 1. The third-order valence-corrected chi connectivity index (χ3v) is 3.56. The average molecular weight is 210 g/mol. The lowest BCUT2D eigenvalue weighted by atomic mass is 10.1. The van der Waals surface area contributed by atoms with Gasteiger partial charge in [0.15, 0.2) is 0 Å². The molecule has 2 atom stereocenters. The first-order valence-electron chi connectivity index (χ1n) is 6.31. The summed E-state index contributed by atoms with van der Waals surface area (Å²) in [7, 11) is 0. The Hall–Kier alpha value is -0.570. The summed E-state index contributed by atoms with van der Waals surface area (Å²) in [5, 5.41) is 13.1. The van der Waals surface area contributed by atoms with E-state index in [1.54, 1.807) is 0 Å². The summed E-state index contributed by atoms with van der Waals surface area (Å²) in [5.41, 5.74) is 0. The summed E-state index contributed by atoms with van der Waals surface area (Å²) in [4.78, 5) is 4.53. The Morgan fingerprint density at radius 2 is 2.13 bits per heavy atom. The monoisotopic (exact) mass is 210 g/mol. The highest BCUT2D eigenvalue weighted by molar-refractivity contribution is 5.82. The molecular formula is C12H22N2O. The highest BCUT2D eigenvalue weighted by Crippen LogP contribution is 2.24. The number of aliphatic hydroxyl groups is 1. The quantitative estimate of drug-likeness (QED) is 0.728. The minimum Gasteiger partial charge on any atom is -0.393 e. The predicted molar refractivity (Wildman–Crippen MR) is 62.1 cm³/mol. The number of aliphatic imine (C=N–C) groups is 1. The van der Waals surface area contributed by atoms with Crippen LogP contribution in [0.1, 0.15) is 44.9 Å². The average Bonchev–Trinajstić information content (AvgIpc) is 2.53. The van der Waals surface area contributed by atoms with Gasteiger partial charge in [-0.15, -0.1) is 0 Å². The second-order valence-corrected chi connectivity index (χ2v) is 4.78. The molecule has 0 radical (unpaired) electrons. The van der Waals surface area contributed by atoms with E-state index in [1.807, 2.05) is 0 Å². The lowest BCUT2D eigenvalue weighted by molar-refractivity contribution is 0.134. The Morgan fingerprint density at radius 3 is 2.93 bits per heavy atom. The zero-order valence-corrected chi connectivity index (χ0v) is 9.41. The maximum Gasteiger partial charge on any atom is 0.0963 e. The molecule has 3 heteroatoms. The first-order chi connectivity index (χ1) is 7.36. The van der Waals surface area contributed by atoms with E-state index in [2.05, 4.69) is 10.3 Å². The van der Waals surface area contributed by atoms with Gasteiger partial charge in [-0.25, -0.2) is 0 Å².